The van der Waals surface area contributed by atoms with E-state index in [-0.39, 0.29) is 11.8 Å². The maximum Gasteiger partial charge on any atom is 0.326 e. The van der Waals surface area contributed by atoms with E-state index >= 15 is 0 Å². The van der Waals surface area contributed by atoms with Crippen molar-refractivity contribution in [1.82, 2.24) is 9.88 Å². The Morgan fingerprint density at radius 1 is 1.44 bits per heavy atom. The Bertz CT molecular complexity index is 424. The molecule has 0 aliphatic rings. The number of carboxylic acids is 1. The van der Waals surface area contributed by atoms with Gasteiger partial charge in [-0.15, -0.1) is 0 Å². The van der Waals surface area contributed by atoms with Gasteiger partial charge in [0.05, 0.1) is 0 Å². The summed E-state index contributed by atoms with van der Waals surface area (Å²) < 4.78 is 1.78. The number of carboxylic acid groups (broad SMARTS) is 1. The third-order valence-corrected chi connectivity index (χ3v) is 2.71. The molecule has 0 aromatic carbocycles. The molecule has 0 radical (unpaired) electrons. The van der Waals surface area contributed by atoms with Gasteiger partial charge in [-0.25, -0.2) is 4.79 Å². The number of aryl methyl sites for hydroxylation is 1. The fourth-order valence-corrected chi connectivity index (χ4v) is 1.82. The van der Waals surface area contributed by atoms with Crippen LogP contribution in [0.4, 0.5) is 0 Å². The monoisotopic (exact) mass is 252 g/mol. The van der Waals surface area contributed by atoms with Crippen LogP contribution in [0.3, 0.4) is 0 Å². The molecule has 5 nitrogen and oxygen atoms in total. The minimum Gasteiger partial charge on any atom is -0.480 e. The van der Waals surface area contributed by atoms with Crippen molar-refractivity contribution in [3.05, 3.63) is 24.0 Å². The van der Waals surface area contributed by atoms with Gasteiger partial charge < -0.3 is 15.0 Å². The second kappa shape index (κ2) is 6.23. The average Bonchev–Trinajstić information content (AvgIpc) is 2.75. The van der Waals surface area contributed by atoms with E-state index in [1.807, 2.05) is 20.8 Å². The Labute approximate surface area is 107 Å². The molecule has 1 amide bonds. The molecule has 1 atom stereocenters. The Morgan fingerprint density at radius 3 is 2.61 bits per heavy atom. The largest absolute Gasteiger partial charge is 0.480 e. The first-order chi connectivity index (χ1) is 8.45. The molecule has 100 valence electrons. The standard InChI is InChI=1S/C13H20N2O3/c1-4-15-7-5-6-11(15)12(16)14-10(13(17)18)8-9(2)3/h5-7,9-10H,4,8H2,1-3H3,(H,14,16)(H,17,18). The summed E-state index contributed by atoms with van der Waals surface area (Å²) in [6.07, 6.45) is 2.22. The molecule has 1 heterocycles. The number of aliphatic carboxylic acids is 1. The lowest BCUT2D eigenvalue weighted by atomic mass is 10.0. The van der Waals surface area contributed by atoms with Gasteiger partial charge in [0.15, 0.2) is 0 Å². The van der Waals surface area contributed by atoms with Crippen molar-refractivity contribution < 1.29 is 14.7 Å². The summed E-state index contributed by atoms with van der Waals surface area (Å²) in [5.74, 6) is -1.12. The van der Waals surface area contributed by atoms with Crippen LogP contribution in [0.15, 0.2) is 18.3 Å². The number of aromatic nitrogens is 1. The van der Waals surface area contributed by atoms with E-state index in [0.29, 0.717) is 18.7 Å². The molecule has 0 bridgehead atoms. The molecule has 0 aliphatic heterocycles. The van der Waals surface area contributed by atoms with E-state index in [4.69, 9.17) is 5.11 Å². The van der Waals surface area contributed by atoms with Crippen molar-refractivity contribution in [1.29, 1.82) is 0 Å². The smallest absolute Gasteiger partial charge is 0.326 e. The van der Waals surface area contributed by atoms with Crippen LogP contribution in [-0.4, -0.2) is 27.6 Å². The highest BCUT2D eigenvalue weighted by Gasteiger charge is 2.22. The first kappa shape index (κ1) is 14.3. The number of carbonyl (C=O) groups is 2. The van der Waals surface area contributed by atoms with Gasteiger partial charge in [0, 0.05) is 12.7 Å². The predicted molar refractivity (Wildman–Crippen MR) is 68.5 cm³/mol. The summed E-state index contributed by atoms with van der Waals surface area (Å²) in [4.78, 5) is 23.1. The first-order valence-electron chi connectivity index (χ1n) is 6.14. The molecule has 1 unspecified atom stereocenters. The third-order valence-electron chi connectivity index (χ3n) is 2.71. The molecule has 0 spiro atoms. The fraction of sp³-hybridized carbons (Fsp3) is 0.538. The highest BCUT2D eigenvalue weighted by Crippen LogP contribution is 2.07. The third kappa shape index (κ3) is 3.61. The van der Waals surface area contributed by atoms with E-state index < -0.39 is 12.0 Å². The zero-order chi connectivity index (χ0) is 13.7. The molecule has 1 aromatic rings. The average molecular weight is 252 g/mol. The molecule has 0 aliphatic carbocycles. The molecular formula is C13H20N2O3. The van der Waals surface area contributed by atoms with E-state index in [1.165, 1.54) is 0 Å². The van der Waals surface area contributed by atoms with Crippen molar-refractivity contribution in [3.63, 3.8) is 0 Å². The number of hydrogen-bond donors (Lipinski definition) is 2. The lowest BCUT2D eigenvalue weighted by molar-refractivity contribution is -0.139. The quantitative estimate of drug-likeness (QED) is 0.810. The zero-order valence-electron chi connectivity index (χ0n) is 11.0. The van der Waals surface area contributed by atoms with Crippen molar-refractivity contribution in [2.75, 3.05) is 0 Å². The van der Waals surface area contributed by atoms with E-state index in [1.54, 1.807) is 22.9 Å². The fourth-order valence-electron chi connectivity index (χ4n) is 1.82. The Hall–Kier alpha value is -1.78. The van der Waals surface area contributed by atoms with Gasteiger partial charge in [-0.05, 0) is 31.4 Å². The first-order valence-corrected chi connectivity index (χ1v) is 6.14. The predicted octanol–water partition coefficient (Wildman–Crippen LogP) is 1.74. The summed E-state index contributed by atoms with van der Waals surface area (Å²) in [5.41, 5.74) is 0.493. The van der Waals surface area contributed by atoms with Gasteiger partial charge in [0.25, 0.3) is 5.91 Å². The van der Waals surface area contributed by atoms with Gasteiger partial charge in [0.2, 0.25) is 0 Å². The molecule has 0 fully saturated rings. The molecular weight excluding hydrogens is 232 g/mol. The number of rotatable bonds is 6. The molecule has 2 N–H and O–H groups in total. The molecule has 1 aromatic heterocycles. The van der Waals surface area contributed by atoms with Crippen LogP contribution in [0, 0.1) is 5.92 Å². The maximum absolute atomic E-state index is 12.0. The number of carbonyl (C=O) groups excluding carboxylic acids is 1. The molecule has 0 saturated heterocycles. The number of nitrogens with zero attached hydrogens (tertiary/aromatic N) is 1. The Balaban J connectivity index is 2.75. The van der Waals surface area contributed by atoms with Crippen molar-refractivity contribution in [2.45, 2.75) is 39.8 Å². The van der Waals surface area contributed by atoms with Crippen molar-refractivity contribution in [2.24, 2.45) is 5.92 Å². The second-order valence-corrected chi connectivity index (χ2v) is 4.67. The van der Waals surface area contributed by atoms with Crippen LogP contribution in [-0.2, 0) is 11.3 Å². The van der Waals surface area contributed by atoms with Crippen LogP contribution in [0.2, 0.25) is 0 Å². The van der Waals surface area contributed by atoms with Gasteiger partial charge in [-0.1, -0.05) is 13.8 Å². The van der Waals surface area contributed by atoms with Crippen LogP contribution < -0.4 is 5.32 Å². The van der Waals surface area contributed by atoms with Gasteiger partial charge in [0.1, 0.15) is 11.7 Å². The lowest BCUT2D eigenvalue weighted by Gasteiger charge is -2.17. The molecule has 18 heavy (non-hydrogen) atoms. The topological polar surface area (TPSA) is 71.3 Å². The number of amides is 1. The van der Waals surface area contributed by atoms with Crippen LogP contribution >= 0.6 is 0 Å². The van der Waals surface area contributed by atoms with Gasteiger partial charge in [-0.3, -0.25) is 4.79 Å². The zero-order valence-corrected chi connectivity index (χ0v) is 11.0. The molecule has 1 rings (SSSR count). The van der Waals surface area contributed by atoms with Crippen molar-refractivity contribution >= 4 is 11.9 Å². The van der Waals surface area contributed by atoms with E-state index in [2.05, 4.69) is 5.32 Å². The van der Waals surface area contributed by atoms with E-state index in [0.717, 1.165) is 0 Å². The summed E-state index contributed by atoms with van der Waals surface area (Å²) in [6.45, 7) is 6.46. The highest BCUT2D eigenvalue weighted by molar-refractivity contribution is 5.95. The summed E-state index contributed by atoms with van der Waals surface area (Å²) in [6, 6.07) is 2.63. The number of nitrogens with one attached hydrogen (secondary N) is 1. The lowest BCUT2D eigenvalue weighted by Crippen LogP contribution is -2.42. The van der Waals surface area contributed by atoms with Crippen LogP contribution in [0.1, 0.15) is 37.7 Å². The minimum atomic E-state index is -0.994. The summed E-state index contributed by atoms with van der Waals surface area (Å²) in [5, 5.41) is 11.6. The Kier molecular flexibility index (Phi) is 4.95. The van der Waals surface area contributed by atoms with E-state index in [9.17, 15) is 9.59 Å². The van der Waals surface area contributed by atoms with Gasteiger partial charge in [-0.2, -0.15) is 0 Å². The summed E-state index contributed by atoms with van der Waals surface area (Å²) >= 11 is 0. The Morgan fingerprint density at radius 2 is 2.11 bits per heavy atom. The normalized spacial score (nSPS) is 12.4. The van der Waals surface area contributed by atoms with Crippen LogP contribution in [0.5, 0.6) is 0 Å². The molecule has 0 saturated carbocycles. The maximum atomic E-state index is 12.0. The summed E-state index contributed by atoms with van der Waals surface area (Å²) in [7, 11) is 0. The minimum absolute atomic E-state index is 0.212. The molecule has 5 heteroatoms. The van der Waals surface area contributed by atoms with Crippen molar-refractivity contribution in [3.8, 4) is 0 Å². The highest BCUT2D eigenvalue weighted by atomic mass is 16.4. The van der Waals surface area contributed by atoms with Gasteiger partial charge >= 0.3 is 5.97 Å². The van der Waals surface area contributed by atoms with Crippen LogP contribution in [0.25, 0.3) is 0 Å². The number of hydrogen-bond acceptors (Lipinski definition) is 2. The second-order valence-electron chi connectivity index (χ2n) is 4.67. The SMILES string of the molecule is CCn1cccc1C(=O)NC(CC(C)C)C(=O)O.